The van der Waals surface area contributed by atoms with Gasteiger partial charge in [-0.25, -0.2) is 4.79 Å². The first-order valence-electron chi connectivity index (χ1n) is 10.0. The van der Waals surface area contributed by atoms with Crippen LogP contribution in [0.25, 0.3) is 0 Å². The van der Waals surface area contributed by atoms with E-state index < -0.39 is 30.1 Å². The van der Waals surface area contributed by atoms with Crippen molar-refractivity contribution >= 4 is 13.1 Å². The van der Waals surface area contributed by atoms with Crippen molar-refractivity contribution in [1.29, 1.82) is 0 Å². The Morgan fingerprint density at radius 3 is 2.28 bits per heavy atom. The molecular weight excluding hydrogens is 375 g/mol. The second-order valence-corrected chi connectivity index (χ2v) is 9.39. The topological polar surface area (TPSA) is 72.5 Å². The van der Waals surface area contributed by atoms with Gasteiger partial charge in [0.1, 0.15) is 17.1 Å². The number of rotatable bonds is 3. The Balaban J connectivity index is 1.73. The van der Waals surface area contributed by atoms with Gasteiger partial charge in [0.05, 0.1) is 24.9 Å². The first kappa shape index (κ1) is 20.5. The van der Waals surface area contributed by atoms with Crippen molar-refractivity contribution in [2.75, 3.05) is 20.3 Å². The molecule has 158 valence electrons. The van der Waals surface area contributed by atoms with Crippen LogP contribution in [0.1, 0.15) is 63.4 Å². The maximum Gasteiger partial charge on any atom is 0.464 e. The molecule has 4 rings (SSSR count). The van der Waals surface area contributed by atoms with Gasteiger partial charge in [0.15, 0.2) is 0 Å². The fraction of sp³-hybridized carbons (Fsp3) is 0.667. The van der Waals surface area contributed by atoms with Gasteiger partial charge >= 0.3 is 13.1 Å². The molecule has 0 spiro atoms. The quantitative estimate of drug-likeness (QED) is 0.564. The fourth-order valence-corrected chi connectivity index (χ4v) is 4.11. The molecule has 0 radical (unpaired) electrons. The monoisotopic (exact) mass is 404 g/mol. The van der Waals surface area contributed by atoms with Crippen molar-refractivity contribution < 1.29 is 33.1 Å². The molecule has 8 heteroatoms. The molecule has 3 aliphatic heterocycles. The molecular formula is C21H29BO7. The minimum Gasteiger partial charge on any atom is -0.496 e. The highest BCUT2D eigenvalue weighted by atomic mass is 16.7. The molecule has 2 saturated heterocycles. The number of esters is 1. The summed E-state index contributed by atoms with van der Waals surface area (Å²) in [6, 6.07) is 3.71. The standard InChI is InChI=1S/C21H29BO7/c1-19(2)20(3,4)29-22(28-19)14-11-25-10-13(14)12-8-9-15(24-7)16-17(12)26-21(5,6)27-18(16)23/h8-9,13-14H,10-11H2,1-7H3/t13-,14-/m1/s1. The second kappa shape index (κ2) is 6.62. The zero-order valence-corrected chi connectivity index (χ0v) is 18.2. The lowest BCUT2D eigenvalue weighted by atomic mass is 9.64. The first-order valence-corrected chi connectivity index (χ1v) is 10.0. The summed E-state index contributed by atoms with van der Waals surface area (Å²) in [5.41, 5.74) is 0.338. The predicted molar refractivity (Wildman–Crippen MR) is 107 cm³/mol. The highest BCUT2D eigenvalue weighted by Gasteiger charge is 2.57. The third-order valence-corrected chi connectivity index (χ3v) is 6.41. The molecule has 0 N–H and O–H groups in total. The normalized spacial score (nSPS) is 29.2. The average Bonchev–Trinajstić information content (AvgIpc) is 3.15. The van der Waals surface area contributed by atoms with E-state index in [1.807, 2.05) is 33.8 Å². The third kappa shape index (κ3) is 3.31. The average molecular weight is 404 g/mol. The van der Waals surface area contributed by atoms with Crippen LogP contribution in [-0.2, 0) is 18.8 Å². The molecule has 0 aliphatic carbocycles. The van der Waals surface area contributed by atoms with Crippen LogP contribution < -0.4 is 9.47 Å². The Morgan fingerprint density at radius 2 is 1.66 bits per heavy atom. The van der Waals surface area contributed by atoms with E-state index in [-0.39, 0.29) is 11.7 Å². The summed E-state index contributed by atoms with van der Waals surface area (Å²) < 4.78 is 35.3. The van der Waals surface area contributed by atoms with Crippen LogP contribution in [-0.4, -0.2) is 50.4 Å². The molecule has 0 bridgehead atoms. The van der Waals surface area contributed by atoms with E-state index in [1.54, 1.807) is 19.9 Å². The molecule has 3 heterocycles. The van der Waals surface area contributed by atoms with Crippen LogP contribution in [0.5, 0.6) is 11.5 Å². The number of benzene rings is 1. The lowest BCUT2D eigenvalue weighted by Crippen LogP contribution is -2.41. The molecule has 0 unspecified atom stereocenters. The minimum absolute atomic E-state index is 0.0294. The van der Waals surface area contributed by atoms with E-state index >= 15 is 0 Å². The maximum atomic E-state index is 12.7. The summed E-state index contributed by atoms with van der Waals surface area (Å²) in [6.07, 6.45) is 0. The molecule has 2 atom stereocenters. The van der Waals surface area contributed by atoms with Crippen molar-refractivity contribution in [2.24, 2.45) is 0 Å². The molecule has 1 aromatic carbocycles. The van der Waals surface area contributed by atoms with E-state index in [0.29, 0.717) is 30.3 Å². The predicted octanol–water partition coefficient (Wildman–Crippen LogP) is 3.56. The number of carbonyl (C=O) groups excluding carboxylic acids is 1. The summed E-state index contributed by atoms with van der Waals surface area (Å²) in [5.74, 6) is -0.687. The second-order valence-electron chi connectivity index (χ2n) is 9.39. The Bertz CT molecular complexity index is 817. The number of hydrogen-bond acceptors (Lipinski definition) is 7. The van der Waals surface area contributed by atoms with Gasteiger partial charge in [-0.2, -0.15) is 0 Å². The van der Waals surface area contributed by atoms with E-state index in [1.165, 1.54) is 7.11 Å². The van der Waals surface area contributed by atoms with Crippen LogP contribution in [0.2, 0.25) is 5.82 Å². The van der Waals surface area contributed by atoms with Gasteiger partial charge in [0.25, 0.3) is 0 Å². The Hall–Kier alpha value is -1.77. The molecule has 7 nitrogen and oxygen atoms in total. The lowest BCUT2D eigenvalue weighted by molar-refractivity contribution is -0.128. The number of ether oxygens (including phenoxy) is 4. The van der Waals surface area contributed by atoms with Crippen molar-refractivity contribution in [3.8, 4) is 11.5 Å². The third-order valence-electron chi connectivity index (χ3n) is 6.41. The van der Waals surface area contributed by atoms with E-state index in [0.717, 1.165) is 5.56 Å². The fourth-order valence-electron chi connectivity index (χ4n) is 4.11. The number of carbonyl (C=O) groups is 1. The van der Waals surface area contributed by atoms with Crippen LogP contribution in [0.15, 0.2) is 12.1 Å². The molecule has 29 heavy (non-hydrogen) atoms. The van der Waals surface area contributed by atoms with E-state index in [4.69, 9.17) is 28.3 Å². The highest BCUT2D eigenvalue weighted by Crippen LogP contribution is 2.50. The van der Waals surface area contributed by atoms with Crippen LogP contribution >= 0.6 is 0 Å². The van der Waals surface area contributed by atoms with Gasteiger partial charge in [0, 0.05) is 37.8 Å². The smallest absolute Gasteiger partial charge is 0.464 e. The van der Waals surface area contributed by atoms with Crippen molar-refractivity contribution in [1.82, 2.24) is 0 Å². The Labute approximate surface area is 172 Å². The number of methoxy groups -OCH3 is 1. The molecule has 0 amide bonds. The molecule has 0 saturated carbocycles. The largest absolute Gasteiger partial charge is 0.496 e. The molecule has 3 aliphatic rings. The Kier molecular flexibility index (Phi) is 4.68. The zero-order valence-electron chi connectivity index (χ0n) is 18.2. The minimum atomic E-state index is -1.06. The van der Waals surface area contributed by atoms with Gasteiger partial charge < -0.3 is 28.3 Å². The summed E-state index contributed by atoms with van der Waals surface area (Å²) in [7, 11) is 1.11. The van der Waals surface area contributed by atoms with Gasteiger partial charge in [-0.05, 0) is 33.8 Å². The first-order chi connectivity index (χ1) is 13.5. The van der Waals surface area contributed by atoms with Crippen molar-refractivity contribution in [3.05, 3.63) is 23.3 Å². The zero-order chi connectivity index (χ0) is 21.2. The number of cyclic esters (lactones) is 1. The van der Waals surface area contributed by atoms with Crippen LogP contribution in [0.3, 0.4) is 0 Å². The number of fused-ring (bicyclic) bond motifs is 1. The van der Waals surface area contributed by atoms with Crippen molar-refractivity contribution in [3.63, 3.8) is 0 Å². The van der Waals surface area contributed by atoms with Gasteiger partial charge in [-0.1, -0.05) is 6.07 Å². The summed E-state index contributed by atoms with van der Waals surface area (Å²) in [6.45, 7) is 12.6. The molecule has 2 fully saturated rings. The SMILES string of the molecule is COc1ccc([C@H]2COC[C@H]2B2OC(C)(C)C(C)(C)O2)c2c1C(=O)OC(C)(C)O2. The van der Waals surface area contributed by atoms with Gasteiger partial charge in [-0.3, -0.25) is 0 Å². The van der Waals surface area contributed by atoms with E-state index in [9.17, 15) is 4.79 Å². The molecule has 1 aromatic rings. The summed E-state index contributed by atoms with van der Waals surface area (Å²) in [4.78, 5) is 12.7. The lowest BCUT2D eigenvalue weighted by Gasteiger charge is -2.35. The van der Waals surface area contributed by atoms with E-state index in [2.05, 4.69) is 0 Å². The number of hydrogen-bond donors (Lipinski definition) is 0. The van der Waals surface area contributed by atoms with Gasteiger partial charge in [-0.15, -0.1) is 0 Å². The van der Waals surface area contributed by atoms with Crippen molar-refractivity contribution in [2.45, 2.75) is 70.3 Å². The van der Waals surface area contributed by atoms with Crippen LogP contribution in [0.4, 0.5) is 0 Å². The maximum absolute atomic E-state index is 12.7. The van der Waals surface area contributed by atoms with Crippen LogP contribution in [0, 0.1) is 0 Å². The Morgan fingerprint density at radius 1 is 1.00 bits per heavy atom. The summed E-state index contributed by atoms with van der Waals surface area (Å²) in [5, 5.41) is 0. The highest BCUT2D eigenvalue weighted by molar-refractivity contribution is 6.48. The van der Waals surface area contributed by atoms with Gasteiger partial charge in [0.2, 0.25) is 5.79 Å². The molecule has 0 aromatic heterocycles. The summed E-state index contributed by atoms with van der Waals surface area (Å²) >= 11 is 0.